The first-order valence-corrected chi connectivity index (χ1v) is 8.93. The Bertz CT molecular complexity index is 695. The molecular weight excluding hydrogens is 372 g/mol. The van der Waals surface area contributed by atoms with E-state index in [-0.39, 0.29) is 11.8 Å². The van der Waals surface area contributed by atoms with Gasteiger partial charge in [0.2, 0.25) is 5.91 Å². The van der Waals surface area contributed by atoms with Gasteiger partial charge in [-0.3, -0.25) is 9.59 Å². The third-order valence-electron chi connectivity index (χ3n) is 3.39. The van der Waals surface area contributed by atoms with Gasteiger partial charge in [-0.15, -0.1) is 22.7 Å². The number of carbonyl (C=O) groups excluding carboxylic acids is 2. The minimum Gasteiger partial charge on any atom is -0.353 e. The fraction of sp³-hybridized carbons (Fsp3) is 0.286. The first-order chi connectivity index (χ1) is 10.1. The summed E-state index contributed by atoms with van der Waals surface area (Å²) in [7, 11) is 0. The van der Waals surface area contributed by atoms with E-state index in [9.17, 15) is 9.59 Å². The molecule has 7 heteroatoms. The smallest absolute Gasteiger partial charge is 0.264 e. The Kier molecular flexibility index (Phi) is 4.14. The summed E-state index contributed by atoms with van der Waals surface area (Å²) in [5.74, 6) is -0.155. The quantitative estimate of drug-likeness (QED) is 0.863. The Morgan fingerprint density at radius 1 is 1.29 bits per heavy atom. The highest BCUT2D eigenvalue weighted by Gasteiger charge is 2.30. The van der Waals surface area contributed by atoms with Gasteiger partial charge < -0.3 is 10.2 Å². The van der Waals surface area contributed by atoms with E-state index < -0.39 is 6.04 Å². The Morgan fingerprint density at radius 2 is 2.00 bits per heavy atom. The van der Waals surface area contributed by atoms with Crippen LogP contribution in [0.2, 0.25) is 0 Å². The summed E-state index contributed by atoms with van der Waals surface area (Å²) < 4.78 is 1.07. The van der Waals surface area contributed by atoms with E-state index in [0.717, 1.165) is 13.5 Å². The second-order valence-corrected chi connectivity index (χ2v) is 8.28. The van der Waals surface area contributed by atoms with E-state index in [4.69, 9.17) is 0 Å². The van der Waals surface area contributed by atoms with Crippen LogP contribution in [0.25, 0.3) is 9.75 Å². The van der Waals surface area contributed by atoms with Gasteiger partial charge in [-0.1, -0.05) is 0 Å². The zero-order valence-electron chi connectivity index (χ0n) is 11.3. The largest absolute Gasteiger partial charge is 0.353 e. The van der Waals surface area contributed by atoms with Gasteiger partial charge in [0, 0.05) is 22.8 Å². The summed E-state index contributed by atoms with van der Waals surface area (Å²) in [4.78, 5) is 28.7. The maximum Gasteiger partial charge on any atom is 0.264 e. The zero-order valence-corrected chi connectivity index (χ0v) is 14.5. The zero-order chi connectivity index (χ0) is 15.0. The van der Waals surface area contributed by atoms with Gasteiger partial charge in [0.25, 0.3) is 5.91 Å². The molecule has 0 radical (unpaired) electrons. The number of piperazine rings is 1. The van der Waals surface area contributed by atoms with Crippen molar-refractivity contribution < 1.29 is 9.59 Å². The molecule has 4 nitrogen and oxygen atoms in total. The molecule has 110 valence electrons. The van der Waals surface area contributed by atoms with Crippen LogP contribution in [0, 0.1) is 0 Å². The lowest BCUT2D eigenvalue weighted by Crippen LogP contribution is -2.55. The molecule has 0 aliphatic carbocycles. The lowest BCUT2D eigenvalue weighted by Gasteiger charge is -2.32. The third kappa shape index (κ3) is 2.90. The second-order valence-electron chi connectivity index (χ2n) is 4.73. The lowest BCUT2D eigenvalue weighted by molar-refractivity contribution is -0.127. The van der Waals surface area contributed by atoms with Crippen molar-refractivity contribution in [3.8, 4) is 9.75 Å². The molecule has 2 aromatic heterocycles. The summed E-state index contributed by atoms with van der Waals surface area (Å²) in [5.41, 5.74) is 0. The number of nitrogens with one attached hydrogen (secondary N) is 1. The summed E-state index contributed by atoms with van der Waals surface area (Å²) in [6.07, 6.45) is 0. The number of hydrogen-bond acceptors (Lipinski definition) is 4. The highest BCUT2D eigenvalue weighted by molar-refractivity contribution is 9.11. The van der Waals surface area contributed by atoms with Gasteiger partial charge >= 0.3 is 0 Å². The highest BCUT2D eigenvalue weighted by Crippen LogP contribution is 2.36. The van der Waals surface area contributed by atoms with Gasteiger partial charge in [0.1, 0.15) is 6.04 Å². The standard InChI is InChI=1S/C14H13BrN2O2S2/c1-8-13(18)16-6-7-17(8)14(19)11-3-2-9(20-11)10-4-5-12(15)21-10/h2-5,8H,6-7H2,1H3,(H,16,18). The van der Waals surface area contributed by atoms with Crippen molar-refractivity contribution in [3.63, 3.8) is 0 Å². The summed E-state index contributed by atoms with van der Waals surface area (Å²) in [6.45, 7) is 2.84. The van der Waals surface area contributed by atoms with E-state index >= 15 is 0 Å². The van der Waals surface area contributed by atoms with Crippen LogP contribution in [0.15, 0.2) is 28.1 Å². The number of amides is 2. The molecule has 2 aromatic rings. The molecule has 0 aromatic carbocycles. The molecule has 1 atom stereocenters. The maximum atomic E-state index is 12.6. The van der Waals surface area contributed by atoms with E-state index in [2.05, 4.69) is 21.2 Å². The first kappa shape index (κ1) is 14.7. The Hall–Kier alpha value is -1.18. The second kappa shape index (κ2) is 5.90. The van der Waals surface area contributed by atoms with Crippen molar-refractivity contribution >= 4 is 50.4 Å². The van der Waals surface area contributed by atoms with Crippen molar-refractivity contribution in [2.75, 3.05) is 13.1 Å². The van der Waals surface area contributed by atoms with Crippen molar-refractivity contribution in [2.24, 2.45) is 0 Å². The molecule has 1 aliphatic heterocycles. The number of rotatable bonds is 2. The average Bonchev–Trinajstić information content (AvgIpc) is 3.09. The van der Waals surface area contributed by atoms with Gasteiger partial charge in [-0.05, 0) is 47.1 Å². The minimum atomic E-state index is -0.410. The van der Waals surface area contributed by atoms with E-state index in [1.54, 1.807) is 23.2 Å². The average molecular weight is 385 g/mol. The first-order valence-electron chi connectivity index (χ1n) is 6.50. The van der Waals surface area contributed by atoms with Gasteiger partial charge in [-0.25, -0.2) is 0 Å². The van der Waals surface area contributed by atoms with Gasteiger partial charge in [-0.2, -0.15) is 0 Å². The molecule has 1 unspecified atom stereocenters. The van der Waals surface area contributed by atoms with E-state index in [1.165, 1.54) is 11.3 Å². The molecule has 0 spiro atoms. The van der Waals surface area contributed by atoms with Crippen LogP contribution in [-0.4, -0.2) is 35.8 Å². The summed E-state index contributed by atoms with van der Waals surface area (Å²) in [6, 6.07) is 7.43. The monoisotopic (exact) mass is 384 g/mol. The Balaban J connectivity index is 1.82. The molecule has 3 heterocycles. The van der Waals surface area contributed by atoms with Crippen molar-refractivity contribution in [3.05, 3.63) is 32.9 Å². The molecule has 0 bridgehead atoms. The van der Waals surface area contributed by atoms with Crippen molar-refractivity contribution in [2.45, 2.75) is 13.0 Å². The summed E-state index contributed by atoms with van der Waals surface area (Å²) >= 11 is 6.56. The molecule has 1 saturated heterocycles. The predicted molar refractivity (Wildman–Crippen MR) is 88.8 cm³/mol. The van der Waals surface area contributed by atoms with Crippen LogP contribution in [0.5, 0.6) is 0 Å². The van der Waals surface area contributed by atoms with E-state index in [0.29, 0.717) is 18.0 Å². The fourth-order valence-corrected chi connectivity index (χ4v) is 4.67. The topological polar surface area (TPSA) is 49.4 Å². The number of halogens is 1. The number of carbonyl (C=O) groups is 2. The third-order valence-corrected chi connectivity index (χ3v) is 6.29. The van der Waals surface area contributed by atoms with Crippen molar-refractivity contribution in [1.82, 2.24) is 10.2 Å². The molecule has 21 heavy (non-hydrogen) atoms. The van der Waals surface area contributed by atoms with Crippen molar-refractivity contribution in [1.29, 1.82) is 0 Å². The lowest BCUT2D eigenvalue weighted by atomic mass is 10.2. The number of nitrogens with zero attached hydrogens (tertiary/aromatic N) is 1. The fourth-order valence-electron chi connectivity index (χ4n) is 2.23. The highest BCUT2D eigenvalue weighted by atomic mass is 79.9. The summed E-state index contributed by atoms with van der Waals surface area (Å²) in [5, 5.41) is 2.77. The normalized spacial score (nSPS) is 18.7. The van der Waals surface area contributed by atoms with Crippen LogP contribution in [0.4, 0.5) is 0 Å². The molecule has 1 fully saturated rings. The number of thiophene rings is 2. The predicted octanol–water partition coefficient (Wildman–Crippen LogP) is 3.20. The Morgan fingerprint density at radius 3 is 2.71 bits per heavy atom. The van der Waals surface area contributed by atoms with Crippen LogP contribution in [0.3, 0.4) is 0 Å². The number of hydrogen-bond donors (Lipinski definition) is 1. The molecule has 1 N–H and O–H groups in total. The molecule has 2 amide bonds. The molecular formula is C14H13BrN2O2S2. The SMILES string of the molecule is CC1C(=O)NCCN1C(=O)c1ccc(-c2ccc(Br)s2)s1. The molecule has 1 aliphatic rings. The Labute approximate surface area is 138 Å². The minimum absolute atomic E-state index is 0.0655. The van der Waals surface area contributed by atoms with Crippen LogP contribution >= 0.6 is 38.6 Å². The van der Waals surface area contributed by atoms with E-state index in [1.807, 2.05) is 24.3 Å². The van der Waals surface area contributed by atoms with Crippen LogP contribution < -0.4 is 5.32 Å². The van der Waals surface area contributed by atoms with Crippen LogP contribution in [0.1, 0.15) is 16.6 Å². The van der Waals surface area contributed by atoms with Crippen LogP contribution in [-0.2, 0) is 4.79 Å². The molecule has 3 rings (SSSR count). The van der Waals surface area contributed by atoms with Gasteiger partial charge in [0.05, 0.1) is 8.66 Å². The van der Waals surface area contributed by atoms with Gasteiger partial charge in [0.15, 0.2) is 0 Å². The molecule has 0 saturated carbocycles. The maximum absolute atomic E-state index is 12.6.